The molecule has 0 saturated heterocycles. The Hall–Kier alpha value is -2.08. The van der Waals surface area contributed by atoms with Crippen LogP contribution in [0.4, 0.5) is 0 Å². The summed E-state index contributed by atoms with van der Waals surface area (Å²) in [5.74, 6) is 1.62. The van der Waals surface area contributed by atoms with Crippen molar-refractivity contribution < 1.29 is 4.74 Å². The van der Waals surface area contributed by atoms with E-state index in [1.807, 2.05) is 37.3 Å². The van der Waals surface area contributed by atoms with Gasteiger partial charge in [-0.25, -0.2) is 0 Å². The number of aryl methyl sites for hydroxylation is 1. The molecule has 1 aliphatic rings. The highest BCUT2D eigenvalue weighted by Crippen LogP contribution is 2.34. The molecule has 1 aliphatic heterocycles. The van der Waals surface area contributed by atoms with E-state index in [2.05, 4.69) is 15.3 Å². The molecule has 5 nitrogen and oxygen atoms in total. The first-order valence-electron chi connectivity index (χ1n) is 5.77. The lowest BCUT2D eigenvalue weighted by Crippen LogP contribution is -1.92. The molecule has 0 bridgehead atoms. The van der Waals surface area contributed by atoms with Gasteiger partial charge in [0.15, 0.2) is 5.82 Å². The normalized spacial score (nSPS) is 13.7. The fourth-order valence-corrected chi connectivity index (χ4v) is 2.67. The van der Waals surface area contributed by atoms with Gasteiger partial charge in [0.05, 0.1) is 7.11 Å². The molecule has 1 aromatic carbocycles. The van der Waals surface area contributed by atoms with Crippen LogP contribution in [-0.4, -0.2) is 28.2 Å². The number of hydrogen-bond acceptors (Lipinski definition) is 5. The fraction of sp³-hybridized carbons (Fsp3) is 0.154. The molecule has 0 amide bonds. The quantitative estimate of drug-likeness (QED) is 0.843. The summed E-state index contributed by atoms with van der Waals surface area (Å²) in [6.45, 7) is 1.88. The summed E-state index contributed by atoms with van der Waals surface area (Å²) in [5.41, 5.74) is 1.10. The summed E-state index contributed by atoms with van der Waals surface area (Å²) in [5, 5.41) is 13.2. The van der Waals surface area contributed by atoms with E-state index in [4.69, 9.17) is 4.74 Å². The van der Waals surface area contributed by atoms with E-state index in [1.165, 1.54) is 0 Å². The molecular formula is C13H12N4OS. The van der Waals surface area contributed by atoms with Crippen molar-refractivity contribution in [2.24, 2.45) is 5.10 Å². The minimum Gasteiger partial charge on any atom is -0.497 e. The predicted molar refractivity (Wildman–Crippen MR) is 75.5 cm³/mol. The lowest BCUT2D eigenvalue weighted by Gasteiger charge is -2.05. The lowest BCUT2D eigenvalue weighted by atomic mass is 10.2. The SMILES string of the molecule is COc1ccc(C2=CC=Nn3c(C)nnc3S2)cc1. The second kappa shape index (κ2) is 4.89. The van der Waals surface area contributed by atoms with Crippen molar-refractivity contribution in [2.45, 2.75) is 12.1 Å². The predicted octanol–water partition coefficient (Wildman–Crippen LogP) is 2.58. The fourth-order valence-electron chi connectivity index (χ4n) is 1.75. The largest absolute Gasteiger partial charge is 0.497 e. The van der Waals surface area contributed by atoms with Crippen LogP contribution in [0.25, 0.3) is 4.91 Å². The molecule has 0 radical (unpaired) electrons. The number of thioether (sulfide) groups is 1. The third-order valence-electron chi connectivity index (χ3n) is 2.75. The van der Waals surface area contributed by atoms with Crippen molar-refractivity contribution >= 4 is 22.9 Å². The summed E-state index contributed by atoms with van der Waals surface area (Å²) in [7, 11) is 1.66. The Morgan fingerprint density at radius 1 is 1.16 bits per heavy atom. The molecule has 0 saturated carbocycles. The van der Waals surface area contributed by atoms with Gasteiger partial charge in [-0.1, -0.05) is 12.1 Å². The number of allylic oxidation sites excluding steroid dienone is 1. The average Bonchev–Trinajstić information content (AvgIpc) is 2.67. The number of rotatable bonds is 2. The molecule has 2 aromatic rings. The summed E-state index contributed by atoms with van der Waals surface area (Å²) < 4.78 is 6.90. The third-order valence-corrected chi connectivity index (χ3v) is 3.78. The number of methoxy groups -OCH3 is 1. The molecule has 0 fully saturated rings. The Labute approximate surface area is 115 Å². The van der Waals surface area contributed by atoms with Crippen molar-refractivity contribution in [1.29, 1.82) is 0 Å². The first-order valence-corrected chi connectivity index (χ1v) is 6.58. The minimum absolute atomic E-state index is 0.772. The van der Waals surface area contributed by atoms with Crippen LogP contribution in [0.15, 0.2) is 40.6 Å². The molecule has 3 rings (SSSR count). The van der Waals surface area contributed by atoms with E-state index in [-0.39, 0.29) is 0 Å². The Balaban J connectivity index is 1.94. The van der Waals surface area contributed by atoms with Gasteiger partial charge in [-0.15, -0.1) is 10.2 Å². The Morgan fingerprint density at radius 3 is 2.68 bits per heavy atom. The van der Waals surface area contributed by atoms with Gasteiger partial charge in [-0.05, 0) is 42.5 Å². The van der Waals surface area contributed by atoms with E-state index >= 15 is 0 Å². The average molecular weight is 272 g/mol. The zero-order valence-corrected chi connectivity index (χ0v) is 11.4. The molecule has 0 atom stereocenters. The number of aromatic nitrogens is 3. The highest BCUT2D eigenvalue weighted by Gasteiger charge is 2.14. The molecule has 2 heterocycles. The van der Waals surface area contributed by atoms with Crippen LogP contribution in [0, 0.1) is 6.92 Å². The second-order valence-corrected chi connectivity index (χ2v) is 4.98. The molecular weight excluding hydrogens is 260 g/mol. The van der Waals surface area contributed by atoms with Crippen molar-refractivity contribution in [2.75, 3.05) is 7.11 Å². The van der Waals surface area contributed by atoms with Gasteiger partial charge in [-0.3, -0.25) is 0 Å². The van der Waals surface area contributed by atoms with Crippen LogP contribution in [0.5, 0.6) is 5.75 Å². The zero-order chi connectivity index (χ0) is 13.2. The Bertz CT molecular complexity index is 658. The van der Waals surface area contributed by atoms with Gasteiger partial charge in [0.2, 0.25) is 5.16 Å². The second-order valence-electron chi connectivity index (χ2n) is 3.97. The van der Waals surface area contributed by atoms with E-state index in [0.29, 0.717) is 0 Å². The van der Waals surface area contributed by atoms with Crippen molar-refractivity contribution in [3.8, 4) is 5.75 Å². The summed E-state index contributed by atoms with van der Waals surface area (Å²) in [4.78, 5) is 1.08. The van der Waals surface area contributed by atoms with Gasteiger partial charge < -0.3 is 4.74 Å². The number of benzene rings is 1. The van der Waals surface area contributed by atoms with Crippen LogP contribution in [0.1, 0.15) is 11.4 Å². The van der Waals surface area contributed by atoms with Crippen LogP contribution < -0.4 is 4.74 Å². The maximum atomic E-state index is 5.16. The highest BCUT2D eigenvalue weighted by atomic mass is 32.2. The molecule has 6 heteroatoms. The maximum absolute atomic E-state index is 5.16. The van der Waals surface area contributed by atoms with Crippen LogP contribution in [-0.2, 0) is 0 Å². The number of nitrogens with zero attached hydrogens (tertiary/aromatic N) is 4. The summed E-state index contributed by atoms with van der Waals surface area (Å²) in [6, 6.07) is 7.91. The molecule has 1 aromatic heterocycles. The van der Waals surface area contributed by atoms with Crippen LogP contribution in [0.3, 0.4) is 0 Å². The topological polar surface area (TPSA) is 52.3 Å². The molecule has 96 valence electrons. The van der Waals surface area contributed by atoms with Gasteiger partial charge in [0, 0.05) is 11.1 Å². The minimum atomic E-state index is 0.772. The molecule has 0 aliphatic carbocycles. The summed E-state index contributed by atoms with van der Waals surface area (Å²) in [6.07, 6.45) is 3.74. The smallest absolute Gasteiger partial charge is 0.216 e. The molecule has 0 N–H and O–H groups in total. The van der Waals surface area contributed by atoms with Crippen LogP contribution in [0.2, 0.25) is 0 Å². The van der Waals surface area contributed by atoms with Gasteiger partial charge in [0.1, 0.15) is 5.75 Å². The zero-order valence-electron chi connectivity index (χ0n) is 10.6. The number of ether oxygens (including phenoxy) is 1. The molecule has 0 spiro atoms. The van der Waals surface area contributed by atoms with E-state index in [1.54, 1.807) is 29.8 Å². The molecule has 19 heavy (non-hydrogen) atoms. The maximum Gasteiger partial charge on any atom is 0.216 e. The van der Waals surface area contributed by atoms with E-state index in [9.17, 15) is 0 Å². The van der Waals surface area contributed by atoms with Gasteiger partial charge >= 0.3 is 0 Å². The lowest BCUT2D eigenvalue weighted by molar-refractivity contribution is 0.415. The van der Waals surface area contributed by atoms with Gasteiger partial charge in [0.25, 0.3) is 0 Å². The molecule has 0 unspecified atom stereocenters. The van der Waals surface area contributed by atoms with E-state index < -0.39 is 0 Å². The highest BCUT2D eigenvalue weighted by molar-refractivity contribution is 8.08. The standard InChI is InChI=1S/C13H12N4OS/c1-9-15-16-13-17(9)14-8-7-12(19-13)10-3-5-11(18-2)6-4-10/h3-8H,1-2H3. The van der Waals surface area contributed by atoms with Crippen molar-refractivity contribution in [3.05, 3.63) is 41.7 Å². The van der Waals surface area contributed by atoms with E-state index in [0.717, 1.165) is 27.2 Å². The first-order chi connectivity index (χ1) is 9.28. The monoisotopic (exact) mass is 272 g/mol. The van der Waals surface area contributed by atoms with Crippen molar-refractivity contribution in [3.63, 3.8) is 0 Å². The third kappa shape index (κ3) is 2.26. The van der Waals surface area contributed by atoms with Crippen LogP contribution >= 0.6 is 11.8 Å². The first kappa shape index (κ1) is 12.0. The summed E-state index contributed by atoms with van der Waals surface area (Å²) >= 11 is 1.55. The number of fused-ring (bicyclic) bond motifs is 1. The van der Waals surface area contributed by atoms with Crippen molar-refractivity contribution in [1.82, 2.24) is 14.9 Å². The Kier molecular flexibility index (Phi) is 3.08. The van der Waals surface area contributed by atoms with Gasteiger partial charge in [-0.2, -0.15) is 9.78 Å². The number of hydrogen-bond donors (Lipinski definition) is 0. The Morgan fingerprint density at radius 2 is 1.95 bits per heavy atom.